The molecule has 108 valence electrons. The van der Waals surface area contributed by atoms with Crippen LogP contribution in [-0.2, 0) is 19.3 Å². The molecular weight excluding hydrogens is 250 g/mol. The van der Waals surface area contributed by atoms with Gasteiger partial charge in [0.15, 0.2) is 5.82 Å². The van der Waals surface area contributed by atoms with Crippen molar-refractivity contribution in [1.82, 2.24) is 15.5 Å². The lowest BCUT2D eigenvalue weighted by Gasteiger charge is -2.05. The van der Waals surface area contributed by atoms with Gasteiger partial charge in [0.25, 0.3) is 0 Å². The molecule has 0 aliphatic carbocycles. The van der Waals surface area contributed by atoms with Crippen molar-refractivity contribution in [3.8, 4) is 0 Å². The Morgan fingerprint density at radius 2 is 1.90 bits per heavy atom. The van der Waals surface area contributed by atoms with E-state index in [4.69, 9.17) is 4.52 Å². The third kappa shape index (κ3) is 5.13. The first-order valence-electron chi connectivity index (χ1n) is 7.33. The summed E-state index contributed by atoms with van der Waals surface area (Å²) in [4.78, 5) is 4.44. The maximum Gasteiger partial charge on any atom is 0.226 e. The molecule has 0 aliphatic rings. The molecule has 0 saturated carbocycles. The maximum atomic E-state index is 5.27. The van der Waals surface area contributed by atoms with Crippen molar-refractivity contribution in [3.05, 3.63) is 47.6 Å². The fourth-order valence-corrected chi connectivity index (χ4v) is 2.02. The smallest absolute Gasteiger partial charge is 0.226 e. The van der Waals surface area contributed by atoms with Gasteiger partial charge >= 0.3 is 0 Å². The monoisotopic (exact) mass is 273 g/mol. The van der Waals surface area contributed by atoms with E-state index in [1.165, 1.54) is 5.56 Å². The molecule has 4 heteroatoms. The Balaban J connectivity index is 1.72. The summed E-state index contributed by atoms with van der Waals surface area (Å²) < 4.78 is 5.27. The van der Waals surface area contributed by atoms with Gasteiger partial charge in [-0.3, -0.25) is 0 Å². The van der Waals surface area contributed by atoms with Gasteiger partial charge in [-0.1, -0.05) is 49.3 Å². The zero-order chi connectivity index (χ0) is 14.2. The highest BCUT2D eigenvalue weighted by atomic mass is 16.5. The van der Waals surface area contributed by atoms with Gasteiger partial charge in [-0.05, 0) is 24.9 Å². The number of benzene rings is 1. The standard InChI is InChI=1S/C16H23N3O/c1-13(2)17-12-6-9-16-18-15(19-20-16)11-10-14-7-4-3-5-8-14/h3-5,7-8,13,17H,6,9-12H2,1-2H3. The van der Waals surface area contributed by atoms with Crippen molar-refractivity contribution in [2.24, 2.45) is 0 Å². The second-order valence-corrected chi connectivity index (χ2v) is 5.30. The van der Waals surface area contributed by atoms with Gasteiger partial charge in [0.2, 0.25) is 5.89 Å². The molecule has 0 amide bonds. The third-order valence-corrected chi connectivity index (χ3v) is 3.11. The number of nitrogens with zero attached hydrogens (tertiary/aromatic N) is 2. The molecule has 0 spiro atoms. The van der Waals surface area contributed by atoms with Crippen molar-refractivity contribution in [1.29, 1.82) is 0 Å². The molecule has 0 saturated heterocycles. The molecule has 0 atom stereocenters. The molecule has 0 radical (unpaired) electrons. The van der Waals surface area contributed by atoms with Crippen LogP contribution in [0.15, 0.2) is 34.9 Å². The Kier molecular flexibility index (Phi) is 5.74. The average molecular weight is 273 g/mol. The van der Waals surface area contributed by atoms with Crippen LogP contribution in [0.3, 0.4) is 0 Å². The van der Waals surface area contributed by atoms with Crippen LogP contribution < -0.4 is 5.32 Å². The summed E-state index contributed by atoms with van der Waals surface area (Å²) in [6.07, 6.45) is 3.66. The second kappa shape index (κ2) is 7.80. The Morgan fingerprint density at radius 1 is 1.10 bits per heavy atom. The molecule has 1 N–H and O–H groups in total. The molecule has 1 heterocycles. The van der Waals surface area contributed by atoms with E-state index in [1.54, 1.807) is 0 Å². The first-order valence-corrected chi connectivity index (χ1v) is 7.33. The Hall–Kier alpha value is -1.68. The van der Waals surface area contributed by atoms with E-state index in [-0.39, 0.29) is 0 Å². The lowest BCUT2D eigenvalue weighted by atomic mass is 10.1. The lowest BCUT2D eigenvalue weighted by molar-refractivity contribution is 0.368. The minimum atomic E-state index is 0.527. The van der Waals surface area contributed by atoms with Crippen LogP contribution in [0.5, 0.6) is 0 Å². The van der Waals surface area contributed by atoms with E-state index in [2.05, 4.69) is 53.6 Å². The summed E-state index contributed by atoms with van der Waals surface area (Å²) in [5.41, 5.74) is 1.31. The number of hydrogen-bond acceptors (Lipinski definition) is 4. The van der Waals surface area contributed by atoms with Gasteiger partial charge < -0.3 is 9.84 Å². The van der Waals surface area contributed by atoms with E-state index in [0.717, 1.165) is 43.9 Å². The first kappa shape index (κ1) is 14.7. The maximum absolute atomic E-state index is 5.27. The average Bonchev–Trinajstić information content (AvgIpc) is 2.90. The minimum Gasteiger partial charge on any atom is -0.339 e. The van der Waals surface area contributed by atoms with Gasteiger partial charge in [0, 0.05) is 18.9 Å². The van der Waals surface area contributed by atoms with Crippen molar-refractivity contribution in [2.45, 2.75) is 45.6 Å². The number of nitrogens with one attached hydrogen (secondary N) is 1. The van der Waals surface area contributed by atoms with Gasteiger partial charge in [-0.2, -0.15) is 4.98 Å². The minimum absolute atomic E-state index is 0.527. The summed E-state index contributed by atoms with van der Waals surface area (Å²) in [6.45, 7) is 5.28. The third-order valence-electron chi connectivity index (χ3n) is 3.11. The molecule has 2 aromatic rings. The molecule has 0 unspecified atom stereocenters. The molecule has 0 bridgehead atoms. The predicted octanol–water partition coefficient (Wildman–Crippen LogP) is 2.79. The summed E-state index contributed by atoms with van der Waals surface area (Å²) >= 11 is 0. The van der Waals surface area contributed by atoms with Gasteiger partial charge in [0.1, 0.15) is 0 Å². The lowest BCUT2D eigenvalue weighted by Crippen LogP contribution is -2.23. The van der Waals surface area contributed by atoms with Gasteiger partial charge in [-0.25, -0.2) is 0 Å². The number of hydrogen-bond donors (Lipinski definition) is 1. The predicted molar refractivity (Wildman–Crippen MR) is 79.6 cm³/mol. The first-order chi connectivity index (χ1) is 9.74. The molecule has 1 aromatic carbocycles. The highest BCUT2D eigenvalue weighted by Crippen LogP contribution is 2.06. The van der Waals surface area contributed by atoms with Crippen LogP contribution in [0, 0.1) is 0 Å². The van der Waals surface area contributed by atoms with Crippen molar-refractivity contribution in [3.63, 3.8) is 0 Å². The summed E-state index contributed by atoms with van der Waals surface area (Å²) in [5, 5.41) is 7.42. The fourth-order valence-electron chi connectivity index (χ4n) is 2.02. The van der Waals surface area contributed by atoms with Crippen molar-refractivity contribution < 1.29 is 4.52 Å². The van der Waals surface area contributed by atoms with Crippen LogP contribution in [0.1, 0.15) is 37.5 Å². The summed E-state index contributed by atoms with van der Waals surface area (Å²) in [7, 11) is 0. The van der Waals surface area contributed by atoms with Crippen molar-refractivity contribution in [2.75, 3.05) is 6.54 Å². The number of aryl methyl sites for hydroxylation is 3. The quantitative estimate of drug-likeness (QED) is 0.751. The highest BCUT2D eigenvalue weighted by Gasteiger charge is 2.06. The van der Waals surface area contributed by atoms with E-state index in [0.29, 0.717) is 6.04 Å². The van der Waals surface area contributed by atoms with Crippen LogP contribution in [0.25, 0.3) is 0 Å². The Labute approximate surface area is 120 Å². The van der Waals surface area contributed by atoms with Crippen LogP contribution in [-0.4, -0.2) is 22.7 Å². The topological polar surface area (TPSA) is 51.0 Å². The van der Waals surface area contributed by atoms with E-state index >= 15 is 0 Å². The Morgan fingerprint density at radius 3 is 2.65 bits per heavy atom. The fraction of sp³-hybridized carbons (Fsp3) is 0.500. The molecule has 2 rings (SSSR count). The van der Waals surface area contributed by atoms with Gasteiger partial charge in [0.05, 0.1) is 0 Å². The zero-order valence-electron chi connectivity index (χ0n) is 12.3. The Bertz CT molecular complexity index is 493. The molecule has 0 aliphatic heterocycles. The molecule has 20 heavy (non-hydrogen) atoms. The van der Waals surface area contributed by atoms with Crippen molar-refractivity contribution >= 4 is 0 Å². The van der Waals surface area contributed by atoms with Gasteiger partial charge in [-0.15, -0.1) is 0 Å². The largest absolute Gasteiger partial charge is 0.339 e. The SMILES string of the molecule is CC(C)NCCCc1nc(CCc2ccccc2)no1. The molecule has 4 nitrogen and oxygen atoms in total. The normalized spacial score (nSPS) is 11.2. The molecule has 0 fully saturated rings. The zero-order valence-corrected chi connectivity index (χ0v) is 12.3. The number of rotatable bonds is 8. The summed E-state index contributed by atoms with van der Waals surface area (Å²) in [6, 6.07) is 10.9. The molecule has 1 aromatic heterocycles. The summed E-state index contributed by atoms with van der Waals surface area (Å²) in [5.74, 6) is 1.55. The van der Waals surface area contributed by atoms with Crippen LogP contribution >= 0.6 is 0 Å². The van der Waals surface area contributed by atoms with E-state index in [9.17, 15) is 0 Å². The second-order valence-electron chi connectivity index (χ2n) is 5.30. The van der Waals surface area contributed by atoms with E-state index < -0.39 is 0 Å². The van der Waals surface area contributed by atoms with Crippen LogP contribution in [0.4, 0.5) is 0 Å². The molecular formula is C16H23N3O. The highest BCUT2D eigenvalue weighted by molar-refractivity contribution is 5.15. The van der Waals surface area contributed by atoms with Crippen LogP contribution in [0.2, 0.25) is 0 Å². The number of aromatic nitrogens is 2. The van der Waals surface area contributed by atoms with E-state index in [1.807, 2.05) is 6.07 Å².